The van der Waals surface area contributed by atoms with Gasteiger partial charge in [0.05, 0.1) is 30.4 Å². The lowest BCUT2D eigenvalue weighted by molar-refractivity contribution is -0.125. The summed E-state index contributed by atoms with van der Waals surface area (Å²) in [5.41, 5.74) is 1.83. The first-order valence-corrected chi connectivity index (χ1v) is 11.6. The fourth-order valence-corrected chi connectivity index (χ4v) is 4.60. The van der Waals surface area contributed by atoms with Crippen LogP contribution in [0.5, 0.6) is 0 Å². The van der Waals surface area contributed by atoms with Crippen LogP contribution in [-0.2, 0) is 9.53 Å². The van der Waals surface area contributed by atoms with E-state index in [0.29, 0.717) is 37.3 Å². The molecule has 0 spiro atoms. The molecule has 7 heteroatoms. The molecule has 0 radical (unpaired) electrons. The molecule has 0 bridgehead atoms. The first-order valence-electron chi connectivity index (χ1n) is 11.6. The number of fused-ring (bicyclic) bond motifs is 1. The number of carbonyl (C=O) groups is 3. The topological polar surface area (TPSA) is 79.0 Å². The van der Waals surface area contributed by atoms with Gasteiger partial charge in [0.1, 0.15) is 6.04 Å². The highest BCUT2D eigenvalue weighted by atomic mass is 16.5. The smallest absolute Gasteiger partial charge is 0.262 e. The van der Waals surface area contributed by atoms with Gasteiger partial charge in [-0.05, 0) is 30.0 Å². The Balaban J connectivity index is 1.53. The van der Waals surface area contributed by atoms with E-state index in [4.69, 9.17) is 4.74 Å². The molecule has 2 unspecified atom stereocenters. The molecule has 1 saturated heterocycles. The Morgan fingerprint density at radius 3 is 2.09 bits per heavy atom. The van der Waals surface area contributed by atoms with Gasteiger partial charge in [0.2, 0.25) is 5.91 Å². The van der Waals surface area contributed by atoms with Gasteiger partial charge in [-0.2, -0.15) is 0 Å². The third-order valence-electron chi connectivity index (χ3n) is 6.27. The van der Waals surface area contributed by atoms with Crippen molar-refractivity contribution in [3.63, 3.8) is 0 Å². The zero-order valence-electron chi connectivity index (χ0n) is 19.2. The quantitative estimate of drug-likeness (QED) is 0.627. The average molecular weight is 450 g/mol. The monoisotopic (exact) mass is 449 g/mol. The number of nitrogens with zero attached hydrogens (tertiary/aromatic N) is 2. The largest absolute Gasteiger partial charge is 0.379 e. The van der Waals surface area contributed by atoms with Crippen molar-refractivity contribution in [2.75, 3.05) is 32.8 Å². The highest BCUT2D eigenvalue weighted by Crippen LogP contribution is 2.27. The maximum atomic E-state index is 13.4. The Labute approximate surface area is 194 Å². The standard InChI is InChI=1S/C26H31N3O4/c1-18(2)16-22(29-25(31)20-10-6-7-11-21(20)26(29)32)24(30)27-17-23(19-8-4-3-5-9-19)28-12-14-33-15-13-28/h3-11,18,22-23H,12-17H2,1-2H3,(H,27,30). The molecule has 0 aromatic heterocycles. The lowest BCUT2D eigenvalue weighted by Crippen LogP contribution is -2.52. The van der Waals surface area contributed by atoms with E-state index in [2.05, 4.69) is 22.3 Å². The van der Waals surface area contributed by atoms with Crippen molar-refractivity contribution in [1.82, 2.24) is 15.1 Å². The molecule has 2 atom stereocenters. The zero-order chi connectivity index (χ0) is 23.4. The lowest BCUT2D eigenvalue weighted by atomic mass is 10.0. The van der Waals surface area contributed by atoms with Crippen molar-refractivity contribution in [2.45, 2.75) is 32.4 Å². The van der Waals surface area contributed by atoms with Crippen LogP contribution < -0.4 is 5.32 Å². The van der Waals surface area contributed by atoms with Crippen LogP contribution in [-0.4, -0.2) is 66.4 Å². The van der Waals surface area contributed by atoms with Crippen molar-refractivity contribution in [1.29, 1.82) is 0 Å². The molecule has 33 heavy (non-hydrogen) atoms. The number of hydrogen-bond acceptors (Lipinski definition) is 5. The second-order valence-electron chi connectivity index (χ2n) is 8.99. The molecule has 1 fully saturated rings. The zero-order valence-corrected chi connectivity index (χ0v) is 19.2. The summed E-state index contributed by atoms with van der Waals surface area (Å²) in [4.78, 5) is 43.0. The number of benzene rings is 2. The highest BCUT2D eigenvalue weighted by Gasteiger charge is 2.42. The molecular weight excluding hydrogens is 418 g/mol. The Morgan fingerprint density at radius 1 is 0.939 bits per heavy atom. The Morgan fingerprint density at radius 2 is 1.52 bits per heavy atom. The van der Waals surface area contributed by atoms with Crippen molar-refractivity contribution in [3.05, 3.63) is 71.3 Å². The molecule has 1 N–H and O–H groups in total. The van der Waals surface area contributed by atoms with Crippen molar-refractivity contribution >= 4 is 17.7 Å². The molecule has 2 aromatic rings. The summed E-state index contributed by atoms with van der Waals surface area (Å²) in [7, 11) is 0. The average Bonchev–Trinajstić information content (AvgIpc) is 3.09. The Kier molecular flexibility index (Phi) is 7.20. The minimum atomic E-state index is -0.849. The van der Waals surface area contributed by atoms with E-state index < -0.39 is 17.9 Å². The predicted octanol–water partition coefficient (Wildman–Crippen LogP) is 2.89. The molecule has 2 aromatic carbocycles. The van der Waals surface area contributed by atoms with Crippen LogP contribution >= 0.6 is 0 Å². The van der Waals surface area contributed by atoms with Crippen LogP contribution in [0.1, 0.15) is 52.6 Å². The summed E-state index contributed by atoms with van der Waals surface area (Å²) in [6, 6.07) is 16.0. The first-order chi connectivity index (χ1) is 16.0. The number of morpholine rings is 1. The molecule has 0 aliphatic carbocycles. The minimum absolute atomic E-state index is 0.0130. The van der Waals surface area contributed by atoms with E-state index >= 15 is 0 Å². The maximum absolute atomic E-state index is 13.4. The number of rotatable bonds is 8. The SMILES string of the molecule is CC(C)CC(C(=O)NCC(c1ccccc1)N1CCOCC1)N1C(=O)c2ccccc2C1=O. The van der Waals surface area contributed by atoms with Crippen molar-refractivity contribution in [2.24, 2.45) is 5.92 Å². The fraction of sp³-hybridized carbons (Fsp3) is 0.423. The summed E-state index contributed by atoms with van der Waals surface area (Å²) in [6.45, 7) is 7.23. The number of nitrogens with one attached hydrogen (secondary N) is 1. The number of imide groups is 1. The van der Waals surface area contributed by atoms with Crippen molar-refractivity contribution in [3.8, 4) is 0 Å². The van der Waals surface area contributed by atoms with Gasteiger partial charge in [0.25, 0.3) is 11.8 Å². The van der Waals surface area contributed by atoms with Crippen molar-refractivity contribution < 1.29 is 19.1 Å². The number of carbonyl (C=O) groups excluding carboxylic acids is 3. The molecule has 2 heterocycles. The Hall–Kier alpha value is -3.03. The molecule has 4 rings (SSSR count). The van der Waals surface area contributed by atoms with Gasteiger partial charge >= 0.3 is 0 Å². The number of amides is 3. The van der Waals surface area contributed by atoms with Gasteiger partial charge in [-0.1, -0.05) is 56.3 Å². The van der Waals surface area contributed by atoms with Gasteiger partial charge < -0.3 is 10.1 Å². The third kappa shape index (κ3) is 4.99. The summed E-state index contributed by atoms with van der Waals surface area (Å²) in [5.74, 6) is -0.963. The lowest BCUT2D eigenvalue weighted by Gasteiger charge is -2.35. The van der Waals surface area contributed by atoms with E-state index in [1.165, 1.54) is 0 Å². The van der Waals surface area contributed by atoms with E-state index in [9.17, 15) is 14.4 Å². The van der Waals surface area contributed by atoms with E-state index in [1.54, 1.807) is 24.3 Å². The van der Waals surface area contributed by atoms with Gasteiger partial charge in [-0.3, -0.25) is 24.2 Å². The summed E-state index contributed by atoms with van der Waals surface area (Å²) < 4.78 is 5.50. The molecular formula is C26H31N3O4. The van der Waals surface area contributed by atoms with Gasteiger partial charge in [-0.15, -0.1) is 0 Å². The van der Waals surface area contributed by atoms with Crippen LogP contribution in [0, 0.1) is 5.92 Å². The van der Waals surface area contributed by atoms with Crippen LogP contribution in [0.2, 0.25) is 0 Å². The summed E-state index contributed by atoms with van der Waals surface area (Å²) >= 11 is 0. The molecule has 0 saturated carbocycles. The van der Waals surface area contributed by atoms with Crippen LogP contribution in [0.25, 0.3) is 0 Å². The molecule has 3 amide bonds. The summed E-state index contributed by atoms with van der Waals surface area (Å²) in [5, 5.41) is 3.06. The molecule has 7 nitrogen and oxygen atoms in total. The normalized spacial score (nSPS) is 18.3. The number of hydrogen-bond donors (Lipinski definition) is 1. The number of ether oxygens (including phenoxy) is 1. The minimum Gasteiger partial charge on any atom is -0.379 e. The van der Waals surface area contributed by atoms with Crippen LogP contribution in [0.3, 0.4) is 0 Å². The molecule has 2 aliphatic rings. The van der Waals surface area contributed by atoms with Crippen LogP contribution in [0.4, 0.5) is 0 Å². The third-order valence-corrected chi connectivity index (χ3v) is 6.27. The van der Waals surface area contributed by atoms with Gasteiger partial charge in [0, 0.05) is 19.6 Å². The predicted molar refractivity (Wildman–Crippen MR) is 125 cm³/mol. The van der Waals surface area contributed by atoms with Crippen LogP contribution in [0.15, 0.2) is 54.6 Å². The van der Waals surface area contributed by atoms with Gasteiger partial charge in [-0.25, -0.2) is 0 Å². The van der Waals surface area contributed by atoms with Gasteiger partial charge in [0.15, 0.2) is 0 Å². The maximum Gasteiger partial charge on any atom is 0.262 e. The highest BCUT2D eigenvalue weighted by molar-refractivity contribution is 6.22. The molecule has 2 aliphatic heterocycles. The second kappa shape index (κ2) is 10.3. The summed E-state index contributed by atoms with van der Waals surface area (Å²) in [6.07, 6.45) is 0.408. The van der Waals surface area contributed by atoms with E-state index in [0.717, 1.165) is 23.6 Å². The van der Waals surface area contributed by atoms with E-state index in [-0.39, 0.29) is 17.9 Å². The second-order valence-corrected chi connectivity index (χ2v) is 8.99. The first kappa shape index (κ1) is 23.1. The fourth-order valence-electron chi connectivity index (χ4n) is 4.60. The molecule has 174 valence electrons. The van der Waals surface area contributed by atoms with E-state index in [1.807, 2.05) is 32.0 Å². The Bertz CT molecular complexity index is 967.